The number of nitriles is 1. The van der Waals surface area contributed by atoms with Gasteiger partial charge in [-0.05, 0) is 61.2 Å². The van der Waals surface area contributed by atoms with Gasteiger partial charge in [0.05, 0.1) is 16.9 Å². The lowest BCUT2D eigenvalue weighted by molar-refractivity contribution is -0.336. The first-order chi connectivity index (χ1) is 12.6. The number of rotatable bonds is 2. The molecule has 0 aromatic carbocycles. The van der Waals surface area contributed by atoms with E-state index in [-0.39, 0.29) is 31.1 Å². The summed E-state index contributed by atoms with van der Waals surface area (Å²) in [5.41, 5.74) is -1.74. The van der Waals surface area contributed by atoms with E-state index in [1.54, 1.807) is 0 Å². The minimum Gasteiger partial charge on any atom is -0.207 e. The van der Waals surface area contributed by atoms with E-state index in [2.05, 4.69) is 19.9 Å². The summed E-state index contributed by atoms with van der Waals surface area (Å²) in [6.07, 6.45) is 1.36. The van der Waals surface area contributed by atoms with Crippen molar-refractivity contribution in [2.75, 3.05) is 0 Å². The van der Waals surface area contributed by atoms with Crippen LogP contribution in [0.5, 0.6) is 0 Å². The minimum absolute atomic E-state index is 0.0560. The van der Waals surface area contributed by atoms with Gasteiger partial charge in [-0.15, -0.1) is 0 Å². The highest BCUT2D eigenvalue weighted by atomic mass is 19.4. The highest BCUT2D eigenvalue weighted by Crippen LogP contribution is 2.74. The largest absolute Gasteiger partial charge is 0.394 e. The number of halogens is 5. The third-order valence-corrected chi connectivity index (χ3v) is 8.44. The van der Waals surface area contributed by atoms with E-state index in [0.29, 0.717) is 11.3 Å². The Kier molecular flexibility index (Phi) is 4.93. The van der Waals surface area contributed by atoms with Crippen LogP contribution in [0.1, 0.15) is 85.5 Å². The van der Waals surface area contributed by atoms with Crippen LogP contribution in [-0.4, -0.2) is 12.1 Å². The fourth-order valence-corrected chi connectivity index (χ4v) is 6.45. The van der Waals surface area contributed by atoms with E-state index in [4.69, 9.17) is 5.26 Å². The Bertz CT molecular complexity index is 627. The molecule has 0 aliphatic heterocycles. The number of nitrogens with zero attached hydrogens (tertiary/aromatic N) is 1. The molecule has 0 amide bonds. The maximum absolute atomic E-state index is 12.9. The summed E-state index contributed by atoms with van der Waals surface area (Å²) in [6, 6.07) is 2.54. The van der Waals surface area contributed by atoms with Crippen LogP contribution in [0, 0.1) is 44.8 Å². The van der Waals surface area contributed by atoms with Crippen LogP contribution >= 0.6 is 0 Å². The molecule has 0 aromatic heterocycles. The summed E-state index contributed by atoms with van der Waals surface area (Å²) in [6.45, 7) is 7.43. The summed E-state index contributed by atoms with van der Waals surface area (Å²) in [7, 11) is 0. The molecule has 160 valence electrons. The second-order valence-electron chi connectivity index (χ2n) is 11.0. The first-order valence-corrected chi connectivity index (χ1v) is 10.5. The van der Waals surface area contributed by atoms with Gasteiger partial charge >= 0.3 is 6.18 Å². The van der Waals surface area contributed by atoms with Gasteiger partial charge < -0.3 is 0 Å². The van der Waals surface area contributed by atoms with Crippen LogP contribution in [0.15, 0.2) is 0 Å². The molecular weight excluding hydrogens is 373 g/mol. The van der Waals surface area contributed by atoms with Crippen LogP contribution in [0.4, 0.5) is 22.0 Å². The number of hydrogen-bond donors (Lipinski definition) is 0. The van der Waals surface area contributed by atoms with Gasteiger partial charge in [-0.2, -0.15) is 18.4 Å². The van der Waals surface area contributed by atoms with Crippen molar-refractivity contribution in [1.29, 1.82) is 5.26 Å². The van der Waals surface area contributed by atoms with Gasteiger partial charge in [-0.3, -0.25) is 0 Å². The maximum Gasteiger partial charge on any atom is 0.394 e. The molecule has 28 heavy (non-hydrogen) atoms. The maximum atomic E-state index is 12.9. The molecule has 4 saturated carbocycles. The third kappa shape index (κ3) is 3.25. The molecule has 4 fully saturated rings. The van der Waals surface area contributed by atoms with Crippen LogP contribution in [0.3, 0.4) is 0 Å². The van der Waals surface area contributed by atoms with Gasteiger partial charge in [-0.1, -0.05) is 34.1 Å². The minimum atomic E-state index is -4.27. The molecule has 2 spiro atoms. The third-order valence-electron chi connectivity index (χ3n) is 8.44. The summed E-state index contributed by atoms with van der Waals surface area (Å²) in [5.74, 6) is -2.71. The average Bonchev–Trinajstić information content (AvgIpc) is 2.38. The van der Waals surface area contributed by atoms with Crippen LogP contribution in [0.2, 0.25) is 0 Å². The van der Waals surface area contributed by atoms with Crippen molar-refractivity contribution < 1.29 is 22.0 Å². The molecule has 0 N–H and O–H groups in total. The fraction of sp³-hybridized carbons (Fsp3) is 0.955. The van der Waals surface area contributed by atoms with Crippen molar-refractivity contribution >= 4 is 0 Å². The molecule has 0 unspecified atom stereocenters. The highest BCUT2D eigenvalue weighted by Gasteiger charge is 2.74. The second-order valence-corrected chi connectivity index (χ2v) is 11.0. The standard InChI is InChI=1S/C11H15F5.C11H17N/c1-7(2)9(11(14,15)16)3-8(4-9)5-10(12,13)6-8;1-9(2)11(8-12)6-10(7-11)4-3-5-10/h7H,3-6H2,1-2H3;9H,3-7H2,1-2H3. The van der Waals surface area contributed by atoms with Crippen molar-refractivity contribution in [3.8, 4) is 6.07 Å². The Morgan fingerprint density at radius 3 is 1.54 bits per heavy atom. The van der Waals surface area contributed by atoms with E-state index >= 15 is 0 Å². The van der Waals surface area contributed by atoms with Crippen LogP contribution in [-0.2, 0) is 0 Å². The Morgan fingerprint density at radius 2 is 1.29 bits per heavy atom. The zero-order valence-corrected chi connectivity index (χ0v) is 17.4. The predicted molar refractivity (Wildman–Crippen MR) is 97.6 cm³/mol. The van der Waals surface area contributed by atoms with Gasteiger partial charge in [0.15, 0.2) is 0 Å². The van der Waals surface area contributed by atoms with E-state index in [1.165, 1.54) is 46.0 Å². The molecule has 4 aliphatic rings. The molecule has 4 rings (SSSR count). The highest BCUT2D eigenvalue weighted by molar-refractivity contribution is 5.17. The Morgan fingerprint density at radius 1 is 0.786 bits per heavy atom. The lowest BCUT2D eigenvalue weighted by Crippen LogP contribution is -2.64. The molecule has 0 aromatic rings. The summed E-state index contributed by atoms with van der Waals surface area (Å²) in [5, 5.41) is 9.11. The first-order valence-electron chi connectivity index (χ1n) is 10.5. The molecule has 1 nitrogen and oxygen atoms in total. The number of alkyl halides is 5. The van der Waals surface area contributed by atoms with Crippen LogP contribution < -0.4 is 0 Å². The normalized spacial score (nSPS) is 29.6. The second kappa shape index (κ2) is 6.32. The molecule has 6 heteroatoms. The lowest BCUT2D eigenvalue weighted by Gasteiger charge is -2.64. The zero-order valence-electron chi connectivity index (χ0n) is 17.4. The van der Waals surface area contributed by atoms with Gasteiger partial charge in [0.25, 0.3) is 0 Å². The van der Waals surface area contributed by atoms with Gasteiger partial charge in [0.1, 0.15) is 0 Å². The lowest BCUT2D eigenvalue weighted by atomic mass is 9.41. The molecule has 0 saturated heterocycles. The first kappa shape index (κ1) is 21.8. The molecule has 0 heterocycles. The summed E-state index contributed by atoms with van der Waals surface area (Å²) in [4.78, 5) is 0. The van der Waals surface area contributed by atoms with E-state index in [0.717, 1.165) is 0 Å². The van der Waals surface area contributed by atoms with Gasteiger partial charge in [0.2, 0.25) is 5.92 Å². The van der Waals surface area contributed by atoms with Gasteiger partial charge in [0, 0.05) is 12.8 Å². The average molecular weight is 405 g/mol. The molecule has 0 atom stereocenters. The molecular formula is C22H32F5N. The molecule has 4 aliphatic carbocycles. The van der Waals surface area contributed by atoms with Crippen molar-refractivity contribution in [2.45, 2.75) is 97.6 Å². The van der Waals surface area contributed by atoms with Crippen molar-refractivity contribution in [2.24, 2.45) is 33.5 Å². The quantitative estimate of drug-likeness (QED) is 0.436. The smallest absolute Gasteiger partial charge is 0.207 e. The van der Waals surface area contributed by atoms with E-state index in [9.17, 15) is 22.0 Å². The SMILES string of the molecule is CC(C)C1(C#N)CC2(CCC2)C1.CC(C)C1(C(F)(F)F)CC2(CC(F)(F)C2)C1. The van der Waals surface area contributed by atoms with Gasteiger partial charge in [-0.25, -0.2) is 8.78 Å². The number of hydrogen-bond acceptors (Lipinski definition) is 1. The Balaban J connectivity index is 0.000000167. The topological polar surface area (TPSA) is 23.8 Å². The summed E-state index contributed by atoms with van der Waals surface area (Å²) >= 11 is 0. The predicted octanol–water partition coefficient (Wildman–Crippen LogP) is 7.52. The van der Waals surface area contributed by atoms with Crippen molar-refractivity contribution in [3.05, 3.63) is 0 Å². The van der Waals surface area contributed by atoms with Crippen molar-refractivity contribution in [1.82, 2.24) is 0 Å². The monoisotopic (exact) mass is 405 g/mol. The Labute approximate surface area is 165 Å². The molecule has 0 radical (unpaired) electrons. The van der Waals surface area contributed by atoms with E-state index in [1.807, 2.05) is 0 Å². The zero-order chi connectivity index (χ0) is 21.2. The molecule has 0 bridgehead atoms. The van der Waals surface area contributed by atoms with Crippen LogP contribution in [0.25, 0.3) is 0 Å². The Hall–Kier alpha value is -0.860. The van der Waals surface area contributed by atoms with Crippen molar-refractivity contribution in [3.63, 3.8) is 0 Å². The van der Waals surface area contributed by atoms with E-state index < -0.39 is 28.8 Å². The fourth-order valence-electron chi connectivity index (χ4n) is 6.45. The summed E-state index contributed by atoms with van der Waals surface area (Å²) < 4.78 is 64.2.